The molecule has 0 fully saturated rings. The smallest absolute Gasteiger partial charge is 0.266 e. The highest BCUT2D eigenvalue weighted by atomic mass is 32.2. The molecule has 9 nitrogen and oxygen atoms in total. The second-order valence-electron chi connectivity index (χ2n) is 7.67. The van der Waals surface area contributed by atoms with E-state index >= 15 is 0 Å². The van der Waals surface area contributed by atoms with E-state index in [9.17, 15) is 22.8 Å². The Kier molecular flexibility index (Phi) is 6.57. The van der Waals surface area contributed by atoms with Crippen LogP contribution in [0, 0.1) is 0 Å². The van der Waals surface area contributed by atoms with Gasteiger partial charge in [0.15, 0.2) is 0 Å². The fraction of sp³-hybridized carbons (Fsp3) is 0.160. The molecule has 3 aromatic rings. The summed E-state index contributed by atoms with van der Waals surface area (Å²) in [6.45, 7) is 3.89. The summed E-state index contributed by atoms with van der Waals surface area (Å²) in [5.74, 6) is -0.888. The summed E-state index contributed by atoms with van der Waals surface area (Å²) >= 11 is 0. The zero-order chi connectivity index (χ0) is 25.2. The van der Waals surface area contributed by atoms with Crippen LogP contribution in [0.1, 0.15) is 44.9 Å². The molecule has 4 rings (SSSR count). The molecule has 180 valence electrons. The highest BCUT2D eigenvalue weighted by Gasteiger charge is 2.37. The van der Waals surface area contributed by atoms with Crippen molar-refractivity contribution in [3.63, 3.8) is 0 Å². The topological polar surface area (TPSA) is 122 Å². The molecule has 35 heavy (non-hydrogen) atoms. The van der Waals surface area contributed by atoms with Crippen LogP contribution in [0.3, 0.4) is 0 Å². The van der Waals surface area contributed by atoms with Crippen LogP contribution in [0.15, 0.2) is 66.7 Å². The Morgan fingerprint density at radius 1 is 0.857 bits per heavy atom. The second kappa shape index (κ2) is 9.59. The van der Waals surface area contributed by atoms with Gasteiger partial charge < -0.3 is 10.1 Å². The van der Waals surface area contributed by atoms with Crippen LogP contribution >= 0.6 is 0 Å². The molecular formula is C25H23N3O6S. The molecule has 0 spiro atoms. The van der Waals surface area contributed by atoms with E-state index in [1.807, 2.05) is 6.92 Å². The molecule has 0 saturated heterocycles. The van der Waals surface area contributed by atoms with Crippen LogP contribution in [0.2, 0.25) is 0 Å². The lowest BCUT2D eigenvalue weighted by Crippen LogP contribution is -2.29. The molecule has 10 heteroatoms. The molecule has 0 aliphatic carbocycles. The minimum Gasteiger partial charge on any atom is -0.494 e. The number of imide groups is 1. The molecule has 1 aliphatic rings. The van der Waals surface area contributed by atoms with E-state index in [2.05, 4.69) is 10.0 Å². The van der Waals surface area contributed by atoms with Gasteiger partial charge in [0, 0.05) is 16.9 Å². The average molecular weight is 494 g/mol. The Hall–Kier alpha value is -4.18. The largest absolute Gasteiger partial charge is 0.494 e. The lowest BCUT2D eigenvalue weighted by Gasteiger charge is -2.14. The number of fused-ring (bicyclic) bond motifs is 1. The van der Waals surface area contributed by atoms with Crippen molar-refractivity contribution in [2.24, 2.45) is 0 Å². The van der Waals surface area contributed by atoms with Gasteiger partial charge in [-0.05, 0) is 80.6 Å². The molecule has 0 aromatic heterocycles. The normalized spacial score (nSPS) is 12.9. The Morgan fingerprint density at radius 2 is 1.49 bits per heavy atom. The Balaban J connectivity index is 1.50. The molecule has 3 amide bonds. The third-order valence-electron chi connectivity index (χ3n) is 5.35. The van der Waals surface area contributed by atoms with Crippen LogP contribution in [-0.4, -0.2) is 38.5 Å². The van der Waals surface area contributed by atoms with Gasteiger partial charge in [0.1, 0.15) is 5.75 Å². The molecule has 0 bridgehead atoms. The van der Waals surface area contributed by atoms with Crippen molar-refractivity contribution >= 4 is 44.8 Å². The number of hydrogen-bond donors (Lipinski definition) is 2. The van der Waals surface area contributed by atoms with E-state index in [1.54, 1.807) is 36.4 Å². The van der Waals surface area contributed by atoms with Crippen LogP contribution in [-0.2, 0) is 10.0 Å². The van der Waals surface area contributed by atoms with Gasteiger partial charge in [-0.2, -0.15) is 0 Å². The van der Waals surface area contributed by atoms with Gasteiger partial charge >= 0.3 is 0 Å². The van der Waals surface area contributed by atoms with E-state index in [0.717, 1.165) is 4.90 Å². The maximum absolute atomic E-state index is 13.0. The van der Waals surface area contributed by atoms with Gasteiger partial charge in [-0.1, -0.05) is 0 Å². The first-order chi connectivity index (χ1) is 16.7. The zero-order valence-electron chi connectivity index (χ0n) is 19.1. The summed E-state index contributed by atoms with van der Waals surface area (Å²) < 4.78 is 31.2. The highest BCUT2D eigenvalue weighted by Crippen LogP contribution is 2.30. The molecule has 2 N–H and O–H groups in total. The van der Waals surface area contributed by atoms with E-state index in [1.165, 1.54) is 37.3 Å². The quantitative estimate of drug-likeness (QED) is 0.459. The summed E-state index contributed by atoms with van der Waals surface area (Å²) in [4.78, 5) is 39.7. The molecule has 0 radical (unpaired) electrons. The number of carbonyl (C=O) groups is 3. The molecule has 1 aliphatic heterocycles. The van der Waals surface area contributed by atoms with Crippen molar-refractivity contribution in [3.05, 3.63) is 83.4 Å². The van der Waals surface area contributed by atoms with Gasteiger partial charge in [0.05, 0.1) is 29.2 Å². The summed E-state index contributed by atoms with van der Waals surface area (Å²) in [5.41, 5.74) is 1.78. The van der Waals surface area contributed by atoms with Crippen LogP contribution in [0.5, 0.6) is 5.75 Å². The number of amides is 3. The van der Waals surface area contributed by atoms with E-state index in [4.69, 9.17) is 4.74 Å². The van der Waals surface area contributed by atoms with Crippen molar-refractivity contribution in [2.75, 3.05) is 27.3 Å². The monoisotopic (exact) mass is 493 g/mol. The third kappa shape index (κ3) is 5.02. The number of nitrogens with zero attached hydrogens (tertiary/aromatic N) is 1. The number of anilines is 3. The van der Waals surface area contributed by atoms with E-state index < -0.39 is 27.7 Å². The maximum Gasteiger partial charge on any atom is 0.266 e. The van der Waals surface area contributed by atoms with E-state index in [-0.39, 0.29) is 22.4 Å². The number of hydrogen-bond acceptors (Lipinski definition) is 6. The fourth-order valence-corrected chi connectivity index (χ4v) is 4.19. The Morgan fingerprint density at radius 3 is 2.11 bits per heavy atom. The minimum atomic E-state index is -3.40. The molecule has 0 unspecified atom stereocenters. The summed E-state index contributed by atoms with van der Waals surface area (Å²) in [6.07, 6.45) is 0. The average Bonchev–Trinajstić information content (AvgIpc) is 3.10. The summed E-state index contributed by atoms with van der Waals surface area (Å²) in [6, 6.07) is 17.1. The van der Waals surface area contributed by atoms with Gasteiger partial charge in [0.2, 0.25) is 10.0 Å². The van der Waals surface area contributed by atoms with Crippen molar-refractivity contribution < 1.29 is 27.5 Å². The minimum absolute atomic E-state index is 0.0545. The summed E-state index contributed by atoms with van der Waals surface area (Å²) in [7, 11) is -3.40. The predicted octanol–water partition coefficient (Wildman–Crippen LogP) is 3.90. The van der Waals surface area contributed by atoms with Crippen molar-refractivity contribution in [1.29, 1.82) is 0 Å². The highest BCUT2D eigenvalue weighted by molar-refractivity contribution is 7.92. The predicted molar refractivity (Wildman–Crippen MR) is 133 cm³/mol. The lowest BCUT2D eigenvalue weighted by molar-refractivity contribution is 0.0925. The van der Waals surface area contributed by atoms with Crippen LogP contribution in [0.4, 0.5) is 17.1 Å². The number of rotatable bonds is 8. The number of sulfonamides is 1. The number of carbonyl (C=O) groups excluding carboxylic acids is 3. The SMILES string of the molecule is CCOc1ccc(N2C(=O)c3ccc(C(=O)Nc4ccc(NS(=O)(=O)CC)cc4)cc3C2=O)cc1. The van der Waals surface area contributed by atoms with Crippen molar-refractivity contribution in [3.8, 4) is 5.75 Å². The first kappa shape index (κ1) is 24.0. The molecular weight excluding hydrogens is 470 g/mol. The second-order valence-corrected chi connectivity index (χ2v) is 9.68. The van der Waals surface area contributed by atoms with Crippen LogP contribution < -0.4 is 19.7 Å². The third-order valence-corrected chi connectivity index (χ3v) is 6.66. The fourth-order valence-electron chi connectivity index (χ4n) is 3.55. The Labute approximate surface area is 202 Å². The van der Waals surface area contributed by atoms with Gasteiger partial charge in [-0.25, -0.2) is 13.3 Å². The van der Waals surface area contributed by atoms with Crippen LogP contribution in [0.25, 0.3) is 0 Å². The van der Waals surface area contributed by atoms with Crippen molar-refractivity contribution in [2.45, 2.75) is 13.8 Å². The standard InChI is InChI=1S/C25H23N3O6S/c1-3-34-20-12-10-19(11-13-20)28-24(30)21-14-5-16(15-22(21)25(28)31)23(29)26-17-6-8-18(9-7-17)27-35(32,33)4-2/h5-15,27H,3-4H2,1-2H3,(H,26,29). The molecule has 0 atom stereocenters. The lowest BCUT2D eigenvalue weighted by atomic mass is 10.1. The van der Waals surface area contributed by atoms with Gasteiger partial charge in [-0.3, -0.25) is 19.1 Å². The number of benzene rings is 3. The summed E-state index contributed by atoms with van der Waals surface area (Å²) in [5, 5.41) is 2.70. The van der Waals surface area contributed by atoms with Crippen molar-refractivity contribution in [1.82, 2.24) is 0 Å². The molecule has 1 heterocycles. The maximum atomic E-state index is 13.0. The van der Waals surface area contributed by atoms with Gasteiger partial charge in [0.25, 0.3) is 17.7 Å². The number of ether oxygens (including phenoxy) is 1. The molecule has 0 saturated carbocycles. The van der Waals surface area contributed by atoms with E-state index in [0.29, 0.717) is 29.4 Å². The zero-order valence-corrected chi connectivity index (χ0v) is 19.9. The number of nitrogens with one attached hydrogen (secondary N) is 2. The first-order valence-corrected chi connectivity index (χ1v) is 12.5. The first-order valence-electron chi connectivity index (χ1n) is 10.9. The molecule has 3 aromatic carbocycles. The Bertz CT molecular complexity index is 1400. The van der Waals surface area contributed by atoms with Gasteiger partial charge in [-0.15, -0.1) is 0 Å².